The number of aliphatic hydroxyl groups is 1. The molecule has 4 atom stereocenters. The molecule has 4 unspecified atom stereocenters. The van der Waals surface area contributed by atoms with E-state index in [1.165, 1.54) is 25.7 Å². The van der Waals surface area contributed by atoms with Crippen LogP contribution in [0, 0.1) is 17.8 Å². The molecule has 0 saturated heterocycles. The van der Waals surface area contributed by atoms with Crippen molar-refractivity contribution in [1.29, 1.82) is 0 Å². The van der Waals surface area contributed by atoms with E-state index in [0.717, 1.165) is 29.9 Å². The summed E-state index contributed by atoms with van der Waals surface area (Å²) in [5.74, 6) is 2.62. The van der Waals surface area contributed by atoms with E-state index in [1.807, 2.05) is 11.6 Å². The van der Waals surface area contributed by atoms with Crippen LogP contribution in [0.1, 0.15) is 43.9 Å². The van der Waals surface area contributed by atoms with Gasteiger partial charge in [-0.2, -0.15) is 0 Å². The smallest absolute Gasteiger partial charge is 0.0958 e. The van der Waals surface area contributed by atoms with Gasteiger partial charge in [0, 0.05) is 7.05 Å². The van der Waals surface area contributed by atoms with E-state index in [0.29, 0.717) is 0 Å². The Bertz CT molecular complexity index is 374. The van der Waals surface area contributed by atoms with E-state index in [1.54, 1.807) is 12.5 Å². The lowest BCUT2D eigenvalue weighted by molar-refractivity contribution is 0.119. The molecule has 0 aliphatic heterocycles. The van der Waals surface area contributed by atoms with Crippen molar-refractivity contribution < 1.29 is 5.11 Å². The van der Waals surface area contributed by atoms with E-state index in [-0.39, 0.29) is 6.10 Å². The van der Waals surface area contributed by atoms with Crippen molar-refractivity contribution in [2.75, 3.05) is 0 Å². The fraction of sp³-hybridized carbons (Fsp3) is 0.769. The van der Waals surface area contributed by atoms with Crippen LogP contribution in [0.5, 0.6) is 0 Å². The third-order valence-corrected chi connectivity index (χ3v) is 4.61. The maximum Gasteiger partial charge on any atom is 0.0958 e. The SMILES string of the molecule is Cn1cncc1C(O)CC1CC2CCC1C2. The van der Waals surface area contributed by atoms with Gasteiger partial charge < -0.3 is 9.67 Å². The molecule has 0 radical (unpaired) electrons. The number of nitrogens with zero attached hydrogens (tertiary/aromatic N) is 2. The van der Waals surface area contributed by atoms with Crippen molar-refractivity contribution in [3.05, 3.63) is 18.2 Å². The zero-order valence-electron chi connectivity index (χ0n) is 9.84. The number of fused-ring (bicyclic) bond motifs is 2. The number of rotatable bonds is 3. The summed E-state index contributed by atoms with van der Waals surface area (Å²) in [5.41, 5.74) is 0.961. The minimum Gasteiger partial charge on any atom is -0.387 e. The Balaban J connectivity index is 1.65. The van der Waals surface area contributed by atoms with Gasteiger partial charge in [-0.1, -0.05) is 6.42 Å². The molecular weight excluding hydrogens is 200 g/mol. The van der Waals surface area contributed by atoms with E-state index in [9.17, 15) is 5.11 Å². The first-order valence-corrected chi connectivity index (χ1v) is 6.38. The van der Waals surface area contributed by atoms with Gasteiger partial charge in [0.25, 0.3) is 0 Å². The zero-order chi connectivity index (χ0) is 11.1. The summed E-state index contributed by atoms with van der Waals surface area (Å²) in [6, 6.07) is 0. The monoisotopic (exact) mass is 220 g/mol. The van der Waals surface area contributed by atoms with Crippen LogP contribution in [-0.4, -0.2) is 14.7 Å². The molecule has 3 heteroatoms. The molecule has 1 N–H and O–H groups in total. The van der Waals surface area contributed by atoms with Crippen LogP contribution in [0.2, 0.25) is 0 Å². The first kappa shape index (κ1) is 10.3. The molecule has 0 amide bonds. The van der Waals surface area contributed by atoms with Gasteiger partial charge in [0.1, 0.15) is 0 Å². The van der Waals surface area contributed by atoms with E-state index >= 15 is 0 Å². The van der Waals surface area contributed by atoms with Crippen molar-refractivity contribution in [1.82, 2.24) is 9.55 Å². The molecule has 2 fully saturated rings. The quantitative estimate of drug-likeness (QED) is 0.848. The molecule has 0 aromatic carbocycles. The molecule has 88 valence electrons. The molecule has 3 nitrogen and oxygen atoms in total. The molecule has 1 aromatic rings. The molecule has 1 aromatic heterocycles. The average Bonchev–Trinajstić information content (AvgIpc) is 2.92. The molecule has 2 saturated carbocycles. The highest BCUT2D eigenvalue weighted by atomic mass is 16.3. The van der Waals surface area contributed by atoms with Crippen LogP contribution in [0.15, 0.2) is 12.5 Å². The maximum atomic E-state index is 10.2. The Kier molecular flexibility index (Phi) is 2.51. The highest BCUT2D eigenvalue weighted by Crippen LogP contribution is 2.50. The Labute approximate surface area is 96.5 Å². The van der Waals surface area contributed by atoms with Crippen LogP contribution < -0.4 is 0 Å². The predicted octanol–water partition coefficient (Wildman–Crippen LogP) is 2.28. The van der Waals surface area contributed by atoms with Crippen molar-refractivity contribution in [3.63, 3.8) is 0 Å². The van der Waals surface area contributed by atoms with Gasteiger partial charge in [0.05, 0.1) is 24.3 Å². The highest BCUT2D eigenvalue weighted by molar-refractivity contribution is 5.03. The summed E-state index contributed by atoms with van der Waals surface area (Å²) in [6.07, 6.45) is 9.76. The molecule has 2 aliphatic rings. The lowest BCUT2D eigenvalue weighted by atomic mass is 9.84. The predicted molar refractivity (Wildman–Crippen MR) is 61.7 cm³/mol. The Morgan fingerprint density at radius 1 is 1.50 bits per heavy atom. The molecular formula is C13H20N2O. The van der Waals surface area contributed by atoms with Gasteiger partial charge in [0.2, 0.25) is 0 Å². The molecule has 2 aliphatic carbocycles. The second-order valence-electron chi connectivity index (χ2n) is 5.62. The van der Waals surface area contributed by atoms with Crippen LogP contribution in [-0.2, 0) is 7.05 Å². The summed E-state index contributed by atoms with van der Waals surface area (Å²) in [7, 11) is 1.95. The normalized spacial score (nSPS) is 34.5. The van der Waals surface area contributed by atoms with Gasteiger partial charge >= 0.3 is 0 Å². The lowest BCUT2D eigenvalue weighted by Crippen LogP contribution is -2.15. The van der Waals surface area contributed by atoms with Gasteiger partial charge in [-0.3, -0.25) is 0 Å². The van der Waals surface area contributed by atoms with Gasteiger partial charge in [-0.15, -0.1) is 0 Å². The number of hydrogen-bond donors (Lipinski definition) is 1. The summed E-state index contributed by atoms with van der Waals surface area (Å²) >= 11 is 0. The highest BCUT2D eigenvalue weighted by Gasteiger charge is 2.40. The lowest BCUT2D eigenvalue weighted by Gasteiger charge is -2.24. The zero-order valence-corrected chi connectivity index (χ0v) is 9.84. The number of aryl methyl sites for hydroxylation is 1. The fourth-order valence-corrected chi connectivity index (χ4v) is 3.76. The number of imidazole rings is 1. The molecule has 1 heterocycles. The van der Waals surface area contributed by atoms with Crippen LogP contribution in [0.3, 0.4) is 0 Å². The Morgan fingerprint density at radius 2 is 2.38 bits per heavy atom. The molecule has 3 rings (SSSR count). The maximum absolute atomic E-state index is 10.2. The summed E-state index contributed by atoms with van der Waals surface area (Å²) in [4.78, 5) is 4.07. The summed E-state index contributed by atoms with van der Waals surface area (Å²) < 4.78 is 1.93. The third kappa shape index (κ3) is 1.67. The van der Waals surface area contributed by atoms with Crippen LogP contribution in [0.25, 0.3) is 0 Å². The van der Waals surface area contributed by atoms with E-state index in [4.69, 9.17) is 0 Å². The topological polar surface area (TPSA) is 38.0 Å². The number of aliphatic hydroxyl groups excluding tert-OH is 1. The number of hydrogen-bond acceptors (Lipinski definition) is 2. The standard InChI is InChI=1S/C13H20N2O/c1-15-8-14-7-12(15)13(16)6-11-5-9-2-3-10(11)4-9/h7-11,13,16H,2-6H2,1H3. The minimum atomic E-state index is -0.322. The Morgan fingerprint density at radius 3 is 2.94 bits per heavy atom. The van der Waals surface area contributed by atoms with E-state index in [2.05, 4.69) is 4.98 Å². The fourth-order valence-electron chi connectivity index (χ4n) is 3.76. The first-order valence-electron chi connectivity index (χ1n) is 6.38. The first-order chi connectivity index (χ1) is 7.74. The van der Waals surface area contributed by atoms with Gasteiger partial charge in [-0.05, 0) is 43.4 Å². The minimum absolute atomic E-state index is 0.322. The number of aromatic nitrogens is 2. The van der Waals surface area contributed by atoms with Crippen LogP contribution >= 0.6 is 0 Å². The largest absolute Gasteiger partial charge is 0.387 e. The second-order valence-corrected chi connectivity index (χ2v) is 5.62. The second kappa shape index (κ2) is 3.88. The third-order valence-electron chi connectivity index (χ3n) is 4.61. The molecule has 0 spiro atoms. The van der Waals surface area contributed by atoms with Crippen molar-refractivity contribution in [2.45, 2.75) is 38.2 Å². The van der Waals surface area contributed by atoms with Crippen LogP contribution in [0.4, 0.5) is 0 Å². The van der Waals surface area contributed by atoms with E-state index < -0.39 is 0 Å². The average molecular weight is 220 g/mol. The summed E-state index contributed by atoms with van der Waals surface area (Å²) in [5, 5.41) is 10.2. The van der Waals surface area contributed by atoms with Crippen molar-refractivity contribution in [3.8, 4) is 0 Å². The van der Waals surface area contributed by atoms with Gasteiger partial charge in [-0.25, -0.2) is 4.98 Å². The molecule has 2 bridgehead atoms. The van der Waals surface area contributed by atoms with Crippen molar-refractivity contribution in [2.24, 2.45) is 24.8 Å². The summed E-state index contributed by atoms with van der Waals surface area (Å²) in [6.45, 7) is 0. The van der Waals surface area contributed by atoms with Crippen molar-refractivity contribution >= 4 is 0 Å². The Hall–Kier alpha value is -0.830. The van der Waals surface area contributed by atoms with Gasteiger partial charge in [0.15, 0.2) is 0 Å². The molecule has 16 heavy (non-hydrogen) atoms.